The number of hydrogen-bond acceptors (Lipinski definition) is 6. The van der Waals surface area contributed by atoms with Crippen molar-refractivity contribution in [2.45, 2.75) is 6.17 Å². The lowest BCUT2D eigenvalue weighted by atomic mass is 9.93. The molecule has 0 saturated carbocycles. The molecule has 10 rings (SSSR count). The van der Waals surface area contributed by atoms with E-state index in [1.54, 1.807) is 6.20 Å². The van der Waals surface area contributed by atoms with Gasteiger partial charge in [-0.2, -0.15) is 0 Å². The Bertz CT molecular complexity index is 2770. The molecule has 6 nitrogen and oxygen atoms in total. The van der Waals surface area contributed by atoms with E-state index in [-0.39, 0.29) is 0 Å². The molecular weight excluding hydrogens is 592 g/mol. The fourth-order valence-corrected chi connectivity index (χ4v) is 7.01. The van der Waals surface area contributed by atoms with Crippen molar-refractivity contribution in [1.82, 2.24) is 10.3 Å². The zero-order chi connectivity index (χ0) is 31.6. The lowest BCUT2D eigenvalue weighted by Crippen LogP contribution is -2.34. The molecule has 1 unspecified atom stereocenters. The van der Waals surface area contributed by atoms with Crippen LogP contribution in [0.3, 0.4) is 0 Å². The van der Waals surface area contributed by atoms with Crippen LogP contribution in [0.25, 0.3) is 65.8 Å². The Morgan fingerprint density at radius 1 is 0.542 bits per heavy atom. The Hall–Kier alpha value is -6.53. The van der Waals surface area contributed by atoms with Crippen LogP contribution < -0.4 is 5.32 Å². The van der Waals surface area contributed by atoms with Gasteiger partial charge < -0.3 is 14.2 Å². The van der Waals surface area contributed by atoms with Crippen molar-refractivity contribution in [2.24, 2.45) is 9.98 Å². The van der Waals surface area contributed by atoms with Crippen LogP contribution in [0.15, 0.2) is 165 Å². The van der Waals surface area contributed by atoms with Crippen molar-refractivity contribution >= 4 is 66.3 Å². The highest BCUT2D eigenvalue weighted by Gasteiger charge is 2.25. The van der Waals surface area contributed by atoms with E-state index in [9.17, 15) is 0 Å². The number of aliphatic imine (C=N–C) groups is 2. The first kappa shape index (κ1) is 26.7. The van der Waals surface area contributed by atoms with Gasteiger partial charge in [-0.1, -0.05) is 109 Å². The van der Waals surface area contributed by atoms with E-state index in [0.29, 0.717) is 11.7 Å². The maximum atomic E-state index is 6.22. The zero-order valence-corrected chi connectivity index (χ0v) is 25.6. The van der Waals surface area contributed by atoms with Crippen LogP contribution in [0.5, 0.6) is 0 Å². The topological polar surface area (TPSA) is 75.9 Å². The average Bonchev–Trinajstić information content (AvgIpc) is 3.73. The third kappa shape index (κ3) is 4.16. The Balaban J connectivity index is 1.12. The molecule has 1 aliphatic heterocycles. The van der Waals surface area contributed by atoms with E-state index in [2.05, 4.69) is 72.0 Å². The molecule has 0 saturated heterocycles. The highest BCUT2D eigenvalue weighted by molar-refractivity contribution is 6.21. The number of nitrogens with zero attached hydrogens (tertiary/aromatic N) is 3. The number of fused-ring (bicyclic) bond motifs is 7. The maximum Gasteiger partial charge on any atom is 0.159 e. The van der Waals surface area contributed by atoms with Crippen molar-refractivity contribution in [3.63, 3.8) is 0 Å². The molecule has 226 valence electrons. The number of rotatable bonds is 4. The van der Waals surface area contributed by atoms with E-state index in [1.165, 1.54) is 0 Å². The highest BCUT2D eigenvalue weighted by Crippen LogP contribution is 2.40. The smallest absolute Gasteiger partial charge is 0.159 e. The van der Waals surface area contributed by atoms with Crippen LogP contribution in [0.1, 0.15) is 23.0 Å². The first-order chi connectivity index (χ1) is 23.8. The summed E-state index contributed by atoms with van der Waals surface area (Å²) in [5.41, 5.74) is 8.37. The average molecular weight is 619 g/mol. The first-order valence-electron chi connectivity index (χ1n) is 16.0. The molecule has 48 heavy (non-hydrogen) atoms. The van der Waals surface area contributed by atoms with Gasteiger partial charge in [0.2, 0.25) is 0 Å². The van der Waals surface area contributed by atoms with Crippen molar-refractivity contribution in [2.75, 3.05) is 0 Å². The highest BCUT2D eigenvalue weighted by atomic mass is 16.3. The summed E-state index contributed by atoms with van der Waals surface area (Å²) in [7, 11) is 0. The van der Waals surface area contributed by atoms with Crippen LogP contribution in [-0.4, -0.2) is 16.7 Å². The second kappa shape index (κ2) is 10.5. The van der Waals surface area contributed by atoms with E-state index >= 15 is 0 Å². The third-order valence-corrected chi connectivity index (χ3v) is 9.20. The third-order valence-electron chi connectivity index (χ3n) is 9.20. The molecular formula is C42H26N4O2. The molecule has 0 fully saturated rings. The molecule has 1 atom stereocenters. The van der Waals surface area contributed by atoms with Gasteiger partial charge >= 0.3 is 0 Å². The van der Waals surface area contributed by atoms with Crippen LogP contribution in [0.2, 0.25) is 0 Å². The lowest BCUT2D eigenvalue weighted by Gasteiger charge is -2.24. The van der Waals surface area contributed by atoms with Gasteiger partial charge in [0.05, 0.1) is 5.39 Å². The molecule has 0 bridgehead atoms. The molecule has 3 aromatic heterocycles. The minimum absolute atomic E-state index is 0.391. The Labute approximate surface area is 274 Å². The molecule has 1 N–H and O–H groups in total. The van der Waals surface area contributed by atoms with Gasteiger partial charge in [0, 0.05) is 27.9 Å². The van der Waals surface area contributed by atoms with Gasteiger partial charge in [0.1, 0.15) is 34.2 Å². The summed E-state index contributed by atoms with van der Waals surface area (Å²) in [5, 5.41) is 10.1. The minimum atomic E-state index is -0.391. The van der Waals surface area contributed by atoms with E-state index in [0.717, 1.165) is 82.6 Å². The van der Waals surface area contributed by atoms with Crippen LogP contribution in [0, 0.1) is 0 Å². The van der Waals surface area contributed by atoms with E-state index < -0.39 is 6.17 Å². The van der Waals surface area contributed by atoms with Crippen molar-refractivity contribution < 1.29 is 8.83 Å². The normalized spacial score (nSPS) is 14.9. The number of para-hydroxylation sites is 2. The second-order valence-electron chi connectivity index (χ2n) is 12.0. The molecule has 6 aromatic carbocycles. The summed E-state index contributed by atoms with van der Waals surface area (Å²) in [5.74, 6) is 1.30. The molecule has 0 radical (unpaired) electrons. The van der Waals surface area contributed by atoms with Gasteiger partial charge in [-0.15, -0.1) is 0 Å². The van der Waals surface area contributed by atoms with Gasteiger partial charge in [-0.3, -0.25) is 4.98 Å². The fourth-order valence-electron chi connectivity index (χ4n) is 7.01. The van der Waals surface area contributed by atoms with Crippen molar-refractivity contribution in [1.29, 1.82) is 0 Å². The van der Waals surface area contributed by atoms with Gasteiger partial charge in [0.15, 0.2) is 11.7 Å². The summed E-state index contributed by atoms with van der Waals surface area (Å²) in [6.07, 6.45) is 1.38. The lowest BCUT2D eigenvalue weighted by molar-refractivity contribution is 0.666. The SMILES string of the molecule is c1ccc(C2=NC(c3ccc4c(-c5cccc6oc7ccccc7c56)cccc4c3)NC(c3nccc4oc5ccccc5c34)=N2)cc1. The number of furan rings is 2. The van der Waals surface area contributed by atoms with Crippen molar-refractivity contribution in [3.8, 4) is 11.1 Å². The number of pyridine rings is 1. The molecule has 6 heteroatoms. The predicted molar refractivity (Wildman–Crippen MR) is 194 cm³/mol. The van der Waals surface area contributed by atoms with Gasteiger partial charge in [-0.05, 0) is 57.8 Å². The molecule has 1 aliphatic rings. The largest absolute Gasteiger partial charge is 0.456 e. The second-order valence-corrected chi connectivity index (χ2v) is 12.0. The van der Waals surface area contributed by atoms with E-state index in [4.69, 9.17) is 23.8 Å². The number of nitrogens with one attached hydrogen (secondary N) is 1. The summed E-state index contributed by atoms with van der Waals surface area (Å²) < 4.78 is 12.4. The summed E-state index contributed by atoms with van der Waals surface area (Å²) >= 11 is 0. The fraction of sp³-hybridized carbons (Fsp3) is 0.0238. The molecule has 0 aliphatic carbocycles. The molecule has 0 spiro atoms. The minimum Gasteiger partial charge on any atom is -0.456 e. The molecule has 4 heterocycles. The van der Waals surface area contributed by atoms with Crippen LogP contribution in [-0.2, 0) is 0 Å². The van der Waals surface area contributed by atoms with Crippen molar-refractivity contribution in [3.05, 3.63) is 163 Å². The Kier molecular flexibility index (Phi) is 5.84. The number of benzene rings is 6. The quantitative estimate of drug-likeness (QED) is 0.213. The monoisotopic (exact) mass is 618 g/mol. The van der Waals surface area contributed by atoms with Crippen LogP contribution in [0.4, 0.5) is 0 Å². The zero-order valence-electron chi connectivity index (χ0n) is 25.6. The summed E-state index contributed by atoms with van der Waals surface area (Å²) in [6, 6.07) is 47.6. The maximum absolute atomic E-state index is 6.22. The summed E-state index contributed by atoms with van der Waals surface area (Å²) in [6.45, 7) is 0. The predicted octanol–water partition coefficient (Wildman–Crippen LogP) is 10.2. The first-order valence-corrected chi connectivity index (χ1v) is 16.0. The molecule has 9 aromatic rings. The van der Waals surface area contributed by atoms with Crippen LogP contribution >= 0.6 is 0 Å². The number of aromatic nitrogens is 1. The standard InChI is InChI=1S/C42H26N4O2/c1-2-10-25(11-3-1)40-44-41(46-42(45-40)39-38-32-14-5-7-18-34(32)48-36(38)22-23-43-39)27-20-21-28-26(24-27)12-8-15-29(28)30-16-9-19-35-37(30)31-13-4-6-17-33(31)47-35/h1-24,41H,(H,44,45,46). The number of amidine groups is 2. The van der Waals surface area contributed by atoms with E-state index in [1.807, 2.05) is 72.8 Å². The summed E-state index contributed by atoms with van der Waals surface area (Å²) in [4.78, 5) is 15.0. The Morgan fingerprint density at radius 3 is 2.06 bits per heavy atom. The van der Waals surface area contributed by atoms with Gasteiger partial charge in [-0.25, -0.2) is 9.98 Å². The van der Waals surface area contributed by atoms with Gasteiger partial charge in [0.25, 0.3) is 0 Å². The number of hydrogen-bond donors (Lipinski definition) is 1. The molecule has 0 amide bonds. The Morgan fingerprint density at radius 2 is 1.23 bits per heavy atom.